The Hall–Kier alpha value is -0.845. The van der Waals surface area contributed by atoms with Gasteiger partial charge in [0, 0.05) is 13.1 Å². The minimum absolute atomic E-state index is 0.0602. The third-order valence-corrected chi connectivity index (χ3v) is 4.25. The summed E-state index contributed by atoms with van der Waals surface area (Å²) in [5, 5.41) is 0. The lowest BCUT2D eigenvalue weighted by Gasteiger charge is -2.42. The summed E-state index contributed by atoms with van der Waals surface area (Å²) in [5.41, 5.74) is 1.77. The minimum Gasteiger partial charge on any atom is -0.372 e. The lowest BCUT2D eigenvalue weighted by Crippen LogP contribution is -2.48. The standard InChI is InChI=1S/C15H23BFNO3/c1-9-7-18(8-10(2)21-9)14-12(15-19-3-4-20-15)5-11(16)6-13(14)17/h6,9-10,12,15H,3-5,7-8,16H2,1-2H3. The summed E-state index contributed by atoms with van der Waals surface area (Å²) < 4.78 is 31.7. The van der Waals surface area contributed by atoms with E-state index < -0.39 is 0 Å². The topological polar surface area (TPSA) is 30.9 Å². The molecule has 2 heterocycles. The van der Waals surface area contributed by atoms with E-state index in [0.29, 0.717) is 26.3 Å². The summed E-state index contributed by atoms with van der Waals surface area (Å²) >= 11 is 0. The van der Waals surface area contributed by atoms with Crippen LogP contribution < -0.4 is 0 Å². The van der Waals surface area contributed by atoms with E-state index in [2.05, 4.69) is 4.90 Å². The molecule has 3 aliphatic rings. The molecule has 3 atom stereocenters. The maximum Gasteiger partial charge on any atom is 0.166 e. The summed E-state index contributed by atoms with van der Waals surface area (Å²) in [6.45, 7) is 6.67. The predicted octanol–water partition coefficient (Wildman–Crippen LogP) is 1.19. The number of rotatable bonds is 2. The Morgan fingerprint density at radius 1 is 1.19 bits per heavy atom. The monoisotopic (exact) mass is 295 g/mol. The van der Waals surface area contributed by atoms with Crippen LogP contribution >= 0.6 is 0 Å². The molecule has 0 spiro atoms. The molecule has 3 unspecified atom stereocenters. The zero-order valence-corrected chi connectivity index (χ0v) is 13.0. The van der Waals surface area contributed by atoms with Crippen LogP contribution in [0.5, 0.6) is 0 Å². The van der Waals surface area contributed by atoms with Gasteiger partial charge in [-0.3, -0.25) is 0 Å². The average molecular weight is 295 g/mol. The molecule has 0 amide bonds. The van der Waals surface area contributed by atoms with Crippen LogP contribution in [-0.2, 0) is 14.2 Å². The van der Waals surface area contributed by atoms with Gasteiger partial charge in [0.25, 0.3) is 0 Å². The first kappa shape index (κ1) is 15.1. The second-order valence-electron chi connectivity index (χ2n) is 6.31. The molecule has 21 heavy (non-hydrogen) atoms. The Morgan fingerprint density at radius 2 is 1.81 bits per heavy atom. The van der Waals surface area contributed by atoms with Gasteiger partial charge in [0.15, 0.2) is 6.29 Å². The maximum atomic E-state index is 14.7. The third-order valence-electron chi connectivity index (χ3n) is 4.25. The molecule has 116 valence electrons. The first-order valence-electron chi connectivity index (χ1n) is 7.75. The highest BCUT2D eigenvalue weighted by atomic mass is 19.1. The Kier molecular flexibility index (Phi) is 4.38. The highest BCUT2D eigenvalue weighted by Crippen LogP contribution is 2.37. The highest BCUT2D eigenvalue weighted by Gasteiger charge is 2.38. The smallest absolute Gasteiger partial charge is 0.166 e. The molecule has 2 saturated heterocycles. The molecule has 0 aromatic rings. The number of halogens is 1. The largest absolute Gasteiger partial charge is 0.372 e. The number of nitrogens with zero attached hydrogens (tertiary/aromatic N) is 1. The number of hydrogen-bond acceptors (Lipinski definition) is 4. The molecule has 4 nitrogen and oxygen atoms in total. The van der Waals surface area contributed by atoms with E-state index in [9.17, 15) is 4.39 Å². The van der Waals surface area contributed by atoms with E-state index >= 15 is 0 Å². The lowest BCUT2D eigenvalue weighted by atomic mass is 9.80. The molecule has 0 saturated carbocycles. The van der Waals surface area contributed by atoms with Crippen molar-refractivity contribution in [2.75, 3.05) is 26.3 Å². The van der Waals surface area contributed by atoms with Crippen LogP contribution in [-0.4, -0.2) is 57.5 Å². The number of ether oxygens (including phenoxy) is 3. The molecule has 2 fully saturated rings. The highest BCUT2D eigenvalue weighted by molar-refractivity contribution is 6.21. The predicted molar refractivity (Wildman–Crippen MR) is 80.1 cm³/mol. The van der Waals surface area contributed by atoms with E-state index in [1.165, 1.54) is 0 Å². The Balaban J connectivity index is 1.88. The van der Waals surface area contributed by atoms with E-state index in [4.69, 9.17) is 14.2 Å². The summed E-state index contributed by atoms with van der Waals surface area (Å²) in [6.07, 6.45) is 2.31. The summed E-state index contributed by atoms with van der Waals surface area (Å²) in [6, 6.07) is 0. The second-order valence-corrected chi connectivity index (χ2v) is 6.31. The lowest BCUT2D eigenvalue weighted by molar-refractivity contribution is -0.0952. The van der Waals surface area contributed by atoms with Crippen LogP contribution in [0.4, 0.5) is 4.39 Å². The average Bonchev–Trinajstić information content (AvgIpc) is 2.89. The Bertz CT molecular complexity index is 452. The molecule has 0 radical (unpaired) electrons. The van der Waals surface area contributed by atoms with Crippen LogP contribution in [0.3, 0.4) is 0 Å². The van der Waals surface area contributed by atoms with Gasteiger partial charge >= 0.3 is 0 Å². The molecule has 6 heteroatoms. The van der Waals surface area contributed by atoms with Gasteiger partial charge in [0.2, 0.25) is 0 Å². The van der Waals surface area contributed by atoms with Gasteiger partial charge in [0.05, 0.1) is 37.0 Å². The van der Waals surface area contributed by atoms with Crippen LogP contribution in [0.25, 0.3) is 0 Å². The molecule has 2 aliphatic heterocycles. The fourth-order valence-corrected chi connectivity index (χ4v) is 3.56. The molecular weight excluding hydrogens is 272 g/mol. The van der Waals surface area contributed by atoms with Crippen molar-refractivity contribution < 1.29 is 18.6 Å². The zero-order valence-electron chi connectivity index (χ0n) is 13.0. The summed E-state index contributed by atoms with van der Waals surface area (Å²) in [7, 11) is 1.96. The van der Waals surface area contributed by atoms with Crippen LogP contribution in [0.15, 0.2) is 23.1 Å². The molecule has 3 rings (SSSR count). The summed E-state index contributed by atoms with van der Waals surface area (Å²) in [4.78, 5) is 2.12. The van der Waals surface area contributed by atoms with E-state index in [1.807, 2.05) is 21.7 Å². The van der Waals surface area contributed by atoms with Gasteiger partial charge in [-0.25, -0.2) is 4.39 Å². The van der Waals surface area contributed by atoms with Gasteiger partial charge in [-0.05, 0) is 26.3 Å². The molecule has 0 N–H and O–H groups in total. The maximum absolute atomic E-state index is 14.7. The number of allylic oxidation sites excluding steroid dienone is 3. The van der Waals surface area contributed by atoms with Gasteiger partial charge < -0.3 is 19.1 Å². The van der Waals surface area contributed by atoms with Crippen molar-refractivity contribution in [3.63, 3.8) is 0 Å². The van der Waals surface area contributed by atoms with E-state index in [-0.39, 0.29) is 30.2 Å². The van der Waals surface area contributed by atoms with Crippen LogP contribution in [0.1, 0.15) is 20.3 Å². The Morgan fingerprint density at radius 3 is 2.43 bits per heavy atom. The van der Waals surface area contributed by atoms with E-state index in [0.717, 1.165) is 17.6 Å². The van der Waals surface area contributed by atoms with Crippen molar-refractivity contribution >= 4 is 7.85 Å². The van der Waals surface area contributed by atoms with Crippen LogP contribution in [0, 0.1) is 5.92 Å². The fourth-order valence-electron chi connectivity index (χ4n) is 3.56. The first-order valence-corrected chi connectivity index (χ1v) is 7.75. The van der Waals surface area contributed by atoms with Crippen molar-refractivity contribution in [3.8, 4) is 0 Å². The number of hydrogen-bond donors (Lipinski definition) is 0. The second kappa shape index (κ2) is 6.11. The fraction of sp³-hybridized carbons (Fsp3) is 0.733. The van der Waals surface area contributed by atoms with Crippen LogP contribution in [0.2, 0.25) is 0 Å². The molecule has 0 aromatic heterocycles. The first-order chi connectivity index (χ1) is 10.0. The van der Waals surface area contributed by atoms with E-state index in [1.54, 1.807) is 6.08 Å². The molecule has 0 aromatic carbocycles. The van der Waals surface area contributed by atoms with Crippen molar-refractivity contribution in [1.29, 1.82) is 0 Å². The van der Waals surface area contributed by atoms with Gasteiger partial charge in [-0.1, -0.05) is 0 Å². The van der Waals surface area contributed by atoms with Gasteiger partial charge in [-0.2, -0.15) is 0 Å². The minimum atomic E-state index is -0.331. The van der Waals surface area contributed by atoms with Gasteiger partial charge in [-0.15, -0.1) is 5.47 Å². The Labute approximate surface area is 126 Å². The normalized spacial score (nSPS) is 35.3. The zero-order chi connectivity index (χ0) is 15.0. The van der Waals surface area contributed by atoms with Gasteiger partial charge in [0.1, 0.15) is 13.7 Å². The van der Waals surface area contributed by atoms with Crippen molar-refractivity contribution in [3.05, 3.63) is 23.1 Å². The van der Waals surface area contributed by atoms with Crippen molar-refractivity contribution in [2.24, 2.45) is 5.92 Å². The van der Waals surface area contributed by atoms with Crippen molar-refractivity contribution in [2.45, 2.75) is 38.8 Å². The summed E-state index contributed by atoms with van der Waals surface area (Å²) in [5.74, 6) is -0.209. The third kappa shape index (κ3) is 3.17. The molecular formula is C15H23BFNO3. The molecule has 0 bridgehead atoms. The number of morpholine rings is 1. The van der Waals surface area contributed by atoms with Crippen molar-refractivity contribution in [1.82, 2.24) is 4.90 Å². The SMILES string of the molecule is BC1=CC(F)=C(N2CC(C)OC(C)C2)C(C2OCCO2)C1. The quantitative estimate of drug-likeness (QED) is 0.716. The molecule has 1 aliphatic carbocycles.